The number of benzene rings is 2. The molecule has 1 aliphatic rings. The molecule has 2 N–H and O–H groups in total. The summed E-state index contributed by atoms with van der Waals surface area (Å²) in [5.41, 5.74) is 9.73. The number of hydrogen-bond acceptors (Lipinski definition) is 4. The van der Waals surface area contributed by atoms with Crippen molar-refractivity contribution in [3.8, 4) is 6.07 Å². The standard InChI is InChI=1S/C17H18N4/c18-13-14-4-6-16(7-5-14)20-8-10-21(11-9-20)17-3-1-2-15(19)12-17/h1-7,12H,8-11,19H2. The van der Waals surface area contributed by atoms with Crippen LogP contribution in [0.15, 0.2) is 48.5 Å². The zero-order valence-electron chi connectivity index (χ0n) is 11.9. The maximum Gasteiger partial charge on any atom is 0.0991 e. The Kier molecular flexibility index (Phi) is 3.65. The highest BCUT2D eigenvalue weighted by atomic mass is 15.3. The highest BCUT2D eigenvalue weighted by Gasteiger charge is 2.17. The lowest BCUT2D eigenvalue weighted by molar-refractivity contribution is 0.653. The second-order valence-electron chi connectivity index (χ2n) is 5.23. The maximum atomic E-state index is 8.84. The normalized spacial score (nSPS) is 14.8. The van der Waals surface area contributed by atoms with Crippen molar-refractivity contribution in [1.82, 2.24) is 0 Å². The minimum absolute atomic E-state index is 0.706. The number of nitrogen functional groups attached to an aromatic ring is 1. The molecule has 1 aliphatic heterocycles. The van der Waals surface area contributed by atoms with E-state index < -0.39 is 0 Å². The van der Waals surface area contributed by atoms with Crippen molar-refractivity contribution in [1.29, 1.82) is 5.26 Å². The van der Waals surface area contributed by atoms with Crippen molar-refractivity contribution in [3.05, 3.63) is 54.1 Å². The molecule has 4 heteroatoms. The molecule has 0 radical (unpaired) electrons. The molecule has 0 amide bonds. The van der Waals surface area contributed by atoms with Crippen molar-refractivity contribution in [2.75, 3.05) is 41.7 Å². The van der Waals surface area contributed by atoms with Gasteiger partial charge in [-0.3, -0.25) is 0 Å². The van der Waals surface area contributed by atoms with Crippen LogP contribution in [0.25, 0.3) is 0 Å². The molecule has 2 aromatic rings. The van der Waals surface area contributed by atoms with E-state index in [4.69, 9.17) is 11.0 Å². The summed E-state index contributed by atoms with van der Waals surface area (Å²) in [6.07, 6.45) is 0. The predicted molar refractivity (Wildman–Crippen MR) is 86.4 cm³/mol. The fraction of sp³-hybridized carbons (Fsp3) is 0.235. The van der Waals surface area contributed by atoms with E-state index in [1.54, 1.807) is 0 Å². The third-order valence-corrected chi connectivity index (χ3v) is 3.88. The molecule has 1 heterocycles. The zero-order chi connectivity index (χ0) is 14.7. The summed E-state index contributed by atoms with van der Waals surface area (Å²) in [5, 5.41) is 8.84. The largest absolute Gasteiger partial charge is 0.399 e. The van der Waals surface area contributed by atoms with Gasteiger partial charge in [0.25, 0.3) is 0 Å². The first-order chi connectivity index (χ1) is 10.3. The minimum Gasteiger partial charge on any atom is -0.399 e. The van der Waals surface area contributed by atoms with Crippen LogP contribution < -0.4 is 15.5 Å². The molecular weight excluding hydrogens is 260 g/mol. The van der Waals surface area contributed by atoms with E-state index in [0.29, 0.717) is 5.56 Å². The third kappa shape index (κ3) is 2.92. The zero-order valence-corrected chi connectivity index (χ0v) is 11.9. The first-order valence-corrected chi connectivity index (χ1v) is 7.12. The van der Waals surface area contributed by atoms with E-state index in [1.807, 2.05) is 42.5 Å². The number of nitrogens with two attached hydrogens (primary N) is 1. The Morgan fingerprint density at radius 1 is 0.857 bits per heavy atom. The van der Waals surface area contributed by atoms with Crippen molar-refractivity contribution < 1.29 is 0 Å². The molecule has 0 unspecified atom stereocenters. The lowest BCUT2D eigenvalue weighted by Gasteiger charge is -2.37. The molecule has 4 nitrogen and oxygen atoms in total. The van der Waals surface area contributed by atoms with Gasteiger partial charge in [0.2, 0.25) is 0 Å². The lowest BCUT2D eigenvalue weighted by atomic mass is 10.2. The van der Waals surface area contributed by atoms with Gasteiger partial charge >= 0.3 is 0 Å². The monoisotopic (exact) mass is 278 g/mol. The average molecular weight is 278 g/mol. The SMILES string of the molecule is N#Cc1ccc(N2CCN(c3cccc(N)c3)CC2)cc1. The Hall–Kier alpha value is -2.67. The Morgan fingerprint density at radius 2 is 1.48 bits per heavy atom. The number of nitriles is 1. The van der Waals surface area contributed by atoms with Gasteiger partial charge in [-0.05, 0) is 42.5 Å². The Labute approximate surface area is 125 Å². The Morgan fingerprint density at radius 3 is 2.05 bits per heavy atom. The topological polar surface area (TPSA) is 56.3 Å². The van der Waals surface area contributed by atoms with Gasteiger partial charge in [-0.2, -0.15) is 5.26 Å². The summed E-state index contributed by atoms with van der Waals surface area (Å²) in [6.45, 7) is 3.90. The van der Waals surface area contributed by atoms with Crippen molar-refractivity contribution in [2.45, 2.75) is 0 Å². The van der Waals surface area contributed by atoms with E-state index in [2.05, 4.69) is 21.9 Å². The molecule has 1 saturated heterocycles. The highest BCUT2D eigenvalue weighted by Crippen LogP contribution is 2.22. The van der Waals surface area contributed by atoms with Crippen LogP contribution in [0, 0.1) is 11.3 Å². The molecule has 0 bridgehead atoms. The lowest BCUT2D eigenvalue weighted by Crippen LogP contribution is -2.46. The fourth-order valence-corrected chi connectivity index (χ4v) is 2.69. The summed E-state index contributed by atoms with van der Waals surface area (Å²) in [4.78, 5) is 4.71. The summed E-state index contributed by atoms with van der Waals surface area (Å²) in [5.74, 6) is 0. The van der Waals surface area contributed by atoms with Crippen molar-refractivity contribution in [2.24, 2.45) is 0 Å². The van der Waals surface area contributed by atoms with Gasteiger partial charge in [0.1, 0.15) is 0 Å². The summed E-state index contributed by atoms with van der Waals surface area (Å²) >= 11 is 0. The predicted octanol–water partition coefficient (Wildman–Crippen LogP) is 2.47. The van der Waals surface area contributed by atoms with Gasteiger partial charge < -0.3 is 15.5 Å². The van der Waals surface area contributed by atoms with Gasteiger partial charge in [-0.15, -0.1) is 0 Å². The maximum absolute atomic E-state index is 8.84. The molecule has 0 atom stereocenters. The van der Waals surface area contributed by atoms with Crippen LogP contribution in [0.5, 0.6) is 0 Å². The third-order valence-electron chi connectivity index (χ3n) is 3.88. The number of hydrogen-bond donors (Lipinski definition) is 1. The van der Waals surface area contributed by atoms with Gasteiger partial charge in [0.05, 0.1) is 11.6 Å². The smallest absolute Gasteiger partial charge is 0.0991 e. The van der Waals surface area contributed by atoms with Gasteiger partial charge in [0, 0.05) is 43.2 Å². The summed E-state index contributed by atoms with van der Waals surface area (Å²) in [7, 11) is 0. The van der Waals surface area contributed by atoms with E-state index in [1.165, 1.54) is 11.4 Å². The molecule has 106 valence electrons. The second-order valence-corrected chi connectivity index (χ2v) is 5.23. The highest BCUT2D eigenvalue weighted by molar-refractivity contribution is 5.57. The molecule has 0 aromatic heterocycles. The van der Waals surface area contributed by atoms with Crippen LogP contribution in [0.1, 0.15) is 5.56 Å². The second kappa shape index (κ2) is 5.76. The fourth-order valence-electron chi connectivity index (χ4n) is 2.69. The number of piperazine rings is 1. The van der Waals surface area contributed by atoms with E-state index >= 15 is 0 Å². The molecule has 3 rings (SSSR count). The van der Waals surface area contributed by atoms with Crippen LogP contribution in [-0.4, -0.2) is 26.2 Å². The molecular formula is C17H18N4. The van der Waals surface area contributed by atoms with Gasteiger partial charge in [0.15, 0.2) is 0 Å². The number of rotatable bonds is 2. The van der Waals surface area contributed by atoms with Crippen molar-refractivity contribution in [3.63, 3.8) is 0 Å². The summed E-state index contributed by atoms with van der Waals surface area (Å²) in [6, 6.07) is 18.0. The van der Waals surface area contributed by atoms with Crippen LogP contribution in [-0.2, 0) is 0 Å². The molecule has 0 aliphatic carbocycles. The molecule has 2 aromatic carbocycles. The quantitative estimate of drug-likeness (QED) is 0.857. The van der Waals surface area contributed by atoms with Crippen LogP contribution >= 0.6 is 0 Å². The van der Waals surface area contributed by atoms with Crippen LogP contribution in [0.4, 0.5) is 17.1 Å². The molecule has 0 saturated carbocycles. The van der Waals surface area contributed by atoms with Crippen molar-refractivity contribution >= 4 is 17.1 Å². The van der Waals surface area contributed by atoms with Crippen LogP contribution in [0.2, 0.25) is 0 Å². The van der Waals surface area contributed by atoms with Gasteiger partial charge in [-0.25, -0.2) is 0 Å². The first kappa shape index (κ1) is 13.3. The van der Waals surface area contributed by atoms with E-state index in [0.717, 1.165) is 31.9 Å². The molecule has 0 spiro atoms. The van der Waals surface area contributed by atoms with E-state index in [9.17, 15) is 0 Å². The van der Waals surface area contributed by atoms with Crippen LogP contribution in [0.3, 0.4) is 0 Å². The van der Waals surface area contributed by atoms with E-state index in [-0.39, 0.29) is 0 Å². The molecule has 21 heavy (non-hydrogen) atoms. The Bertz CT molecular complexity index is 649. The first-order valence-electron chi connectivity index (χ1n) is 7.12. The Balaban J connectivity index is 1.66. The summed E-state index contributed by atoms with van der Waals surface area (Å²) < 4.78 is 0. The molecule has 1 fully saturated rings. The number of anilines is 3. The number of nitrogens with zero attached hydrogens (tertiary/aromatic N) is 3. The minimum atomic E-state index is 0.706. The van der Waals surface area contributed by atoms with Gasteiger partial charge in [-0.1, -0.05) is 6.07 Å². The average Bonchev–Trinajstić information content (AvgIpc) is 2.55.